The van der Waals surface area contributed by atoms with Gasteiger partial charge in [0.05, 0.1) is 4.90 Å². The molecule has 2 aromatic carbocycles. The average molecular weight is 402 g/mol. The van der Waals surface area contributed by atoms with Crippen LogP contribution in [-0.2, 0) is 20.3 Å². The monoisotopic (exact) mass is 402 g/mol. The van der Waals surface area contributed by atoms with Crippen molar-refractivity contribution in [3.8, 4) is 0 Å². The molecule has 5 nitrogen and oxygen atoms in total. The van der Waals surface area contributed by atoms with Crippen molar-refractivity contribution in [2.75, 3.05) is 13.2 Å². The van der Waals surface area contributed by atoms with Crippen LogP contribution < -0.4 is 0 Å². The van der Waals surface area contributed by atoms with Crippen LogP contribution in [0.4, 0.5) is 4.39 Å². The summed E-state index contributed by atoms with van der Waals surface area (Å²) in [5.41, 5.74) is 1.27. The lowest BCUT2D eigenvalue weighted by Gasteiger charge is -2.30. The van der Waals surface area contributed by atoms with Gasteiger partial charge in [0.15, 0.2) is 0 Å². The second-order valence-electron chi connectivity index (χ2n) is 8.42. The highest BCUT2D eigenvalue weighted by Crippen LogP contribution is 2.50. The molecule has 0 spiro atoms. The first-order valence-corrected chi connectivity index (χ1v) is 10.6. The standard InChI is InChI=1S/C21H23FN2O3S/c1-15-4-10-18(11-5-15)28(25,26)23-19-24-13-20(2,3)12-21(24,14-27-19)16-6-8-17(22)9-7-16/h4-11H,12-14H2,1-3H3/b23-19+/t21-/m1/s1. The quantitative estimate of drug-likeness (QED) is 0.783. The number of nitrogens with zero attached hydrogens (tertiary/aromatic N) is 2. The van der Waals surface area contributed by atoms with Crippen molar-refractivity contribution in [2.24, 2.45) is 9.81 Å². The molecule has 0 aliphatic carbocycles. The second kappa shape index (κ2) is 6.30. The van der Waals surface area contributed by atoms with Crippen LogP contribution in [0.25, 0.3) is 0 Å². The molecule has 0 N–H and O–H groups in total. The van der Waals surface area contributed by atoms with E-state index in [0.29, 0.717) is 6.54 Å². The molecule has 0 bridgehead atoms. The maximum absolute atomic E-state index is 13.4. The van der Waals surface area contributed by atoms with Gasteiger partial charge in [-0.3, -0.25) is 0 Å². The number of benzene rings is 2. The summed E-state index contributed by atoms with van der Waals surface area (Å²) in [4.78, 5) is 2.05. The Hall–Kier alpha value is -2.41. The van der Waals surface area contributed by atoms with Crippen LogP contribution in [0.3, 0.4) is 0 Å². The summed E-state index contributed by atoms with van der Waals surface area (Å²) in [7, 11) is -3.89. The van der Waals surface area contributed by atoms with E-state index in [0.717, 1.165) is 17.5 Å². The second-order valence-corrected chi connectivity index (χ2v) is 10.0. The molecule has 2 fully saturated rings. The van der Waals surface area contributed by atoms with Crippen LogP contribution in [-0.4, -0.2) is 32.5 Å². The van der Waals surface area contributed by atoms with Gasteiger partial charge in [-0.2, -0.15) is 8.42 Å². The number of hydrogen-bond donors (Lipinski definition) is 0. The fourth-order valence-corrected chi connectivity index (χ4v) is 5.15. The summed E-state index contributed by atoms with van der Waals surface area (Å²) >= 11 is 0. The van der Waals surface area contributed by atoms with Gasteiger partial charge in [-0.25, -0.2) is 4.39 Å². The van der Waals surface area contributed by atoms with Crippen LogP contribution in [0.5, 0.6) is 0 Å². The van der Waals surface area contributed by atoms with Gasteiger partial charge in [0.2, 0.25) is 0 Å². The molecule has 4 rings (SSSR count). The minimum absolute atomic E-state index is 0.0629. The van der Waals surface area contributed by atoms with Gasteiger partial charge in [0.1, 0.15) is 18.0 Å². The third-order valence-corrected chi connectivity index (χ3v) is 6.71. The first kappa shape index (κ1) is 18.9. The molecule has 1 atom stereocenters. The van der Waals surface area contributed by atoms with E-state index in [4.69, 9.17) is 4.74 Å². The van der Waals surface area contributed by atoms with Crippen molar-refractivity contribution < 1.29 is 17.5 Å². The van der Waals surface area contributed by atoms with E-state index in [1.165, 1.54) is 12.1 Å². The van der Waals surface area contributed by atoms with Gasteiger partial charge in [-0.15, -0.1) is 4.40 Å². The van der Waals surface area contributed by atoms with E-state index in [1.807, 2.05) is 11.8 Å². The largest absolute Gasteiger partial charge is 0.462 e. The number of sulfonamides is 1. The minimum Gasteiger partial charge on any atom is -0.462 e. The molecule has 0 unspecified atom stereocenters. The molecule has 2 saturated heterocycles. The van der Waals surface area contributed by atoms with Crippen LogP contribution >= 0.6 is 0 Å². The van der Waals surface area contributed by atoms with Crippen molar-refractivity contribution in [3.63, 3.8) is 0 Å². The summed E-state index contributed by atoms with van der Waals surface area (Å²) in [5.74, 6) is -0.307. The Balaban J connectivity index is 1.75. The Kier molecular flexibility index (Phi) is 4.26. The van der Waals surface area contributed by atoms with Gasteiger partial charge < -0.3 is 9.64 Å². The van der Waals surface area contributed by atoms with E-state index in [2.05, 4.69) is 18.2 Å². The molecule has 0 amide bonds. The molecular weight excluding hydrogens is 379 g/mol. The minimum atomic E-state index is -3.89. The van der Waals surface area contributed by atoms with Gasteiger partial charge >= 0.3 is 6.02 Å². The van der Waals surface area contributed by atoms with Crippen LogP contribution in [0, 0.1) is 18.2 Å². The highest BCUT2D eigenvalue weighted by molar-refractivity contribution is 7.90. The van der Waals surface area contributed by atoms with E-state index >= 15 is 0 Å². The first-order valence-electron chi connectivity index (χ1n) is 9.20. The number of hydrogen-bond acceptors (Lipinski definition) is 3. The molecule has 2 aliphatic heterocycles. The number of fused-ring (bicyclic) bond motifs is 1. The summed E-state index contributed by atoms with van der Waals surface area (Å²) in [6.07, 6.45) is 0.759. The zero-order valence-corrected chi connectivity index (χ0v) is 17.0. The molecule has 0 saturated carbocycles. The normalized spacial score (nSPS) is 25.0. The Labute approximate surface area is 164 Å². The van der Waals surface area contributed by atoms with Crippen molar-refractivity contribution >= 4 is 16.0 Å². The van der Waals surface area contributed by atoms with Crippen LogP contribution in [0.15, 0.2) is 57.8 Å². The van der Waals surface area contributed by atoms with Crippen molar-refractivity contribution in [2.45, 2.75) is 37.6 Å². The molecular formula is C21H23FN2O3S. The zero-order valence-electron chi connectivity index (χ0n) is 16.1. The first-order chi connectivity index (χ1) is 13.1. The smallest absolute Gasteiger partial charge is 0.304 e. The Morgan fingerprint density at radius 2 is 1.71 bits per heavy atom. The highest BCUT2D eigenvalue weighted by atomic mass is 32.2. The maximum atomic E-state index is 13.4. The van der Waals surface area contributed by atoms with Gasteiger partial charge in [0, 0.05) is 6.54 Å². The Bertz CT molecular complexity index is 1030. The van der Waals surface area contributed by atoms with Gasteiger partial charge in [0.25, 0.3) is 10.0 Å². The Morgan fingerprint density at radius 1 is 1.07 bits per heavy atom. The molecule has 2 aromatic rings. The van der Waals surface area contributed by atoms with E-state index in [1.54, 1.807) is 36.4 Å². The highest BCUT2D eigenvalue weighted by Gasteiger charge is 2.57. The zero-order chi connectivity index (χ0) is 20.2. The molecule has 0 radical (unpaired) electrons. The third kappa shape index (κ3) is 3.17. The molecule has 2 heterocycles. The number of amidine groups is 1. The lowest BCUT2D eigenvalue weighted by Crippen LogP contribution is -2.39. The predicted molar refractivity (Wildman–Crippen MR) is 105 cm³/mol. The fraction of sp³-hybridized carbons (Fsp3) is 0.381. The number of halogens is 1. The van der Waals surface area contributed by atoms with Crippen molar-refractivity contribution in [1.82, 2.24) is 4.90 Å². The summed E-state index contributed by atoms with van der Waals surface area (Å²) in [6.45, 7) is 7.04. The number of aryl methyl sites for hydroxylation is 1. The van der Waals surface area contributed by atoms with E-state index in [-0.39, 0.29) is 28.8 Å². The lowest BCUT2D eigenvalue weighted by molar-refractivity contribution is 0.214. The lowest BCUT2D eigenvalue weighted by atomic mass is 9.80. The maximum Gasteiger partial charge on any atom is 0.304 e. The van der Waals surface area contributed by atoms with Crippen molar-refractivity contribution in [3.05, 3.63) is 65.5 Å². The number of rotatable bonds is 3. The third-order valence-electron chi connectivity index (χ3n) is 5.44. The summed E-state index contributed by atoms with van der Waals surface area (Å²) in [5, 5.41) is 0. The molecule has 148 valence electrons. The fourth-order valence-electron chi connectivity index (χ4n) is 4.21. The average Bonchev–Trinajstić information content (AvgIpc) is 3.08. The van der Waals surface area contributed by atoms with Gasteiger partial charge in [-0.05, 0) is 48.6 Å². The SMILES string of the molecule is Cc1ccc(S(=O)(=O)/N=C2/OC[C@@]3(c4ccc(F)cc4)CC(C)(C)CN23)cc1. The molecule has 0 aromatic heterocycles. The van der Waals surface area contributed by atoms with E-state index in [9.17, 15) is 12.8 Å². The van der Waals surface area contributed by atoms with E-state index < -0.39 is 15.6 Å². The molecule has 28 heavy (non-hydrogen) atoms. The van der Waals surface area contributed by atoms with Crippen LogP contribution in [0.1, 0.15) is 31.4 Å². The predicted octanol–water partition coefficient (Wildman–Crippen LogP) is 3.84. The summed E-state index contributed by atoms with van der Waals surface area (Å²) in [6, 6.07) is 13.0. The van der Waals surface area contributed by atoms with Crippen molar-refractivity contribution in [1.29, 1.82) is 0 Å². The van der Waals surface area contributed by atoms with Crippen LogP contribution in [0.2, 0.25) is 0 Å². The molecule has 7 heteroatoms. The van der Waals surface area contributed by atoms with Gasteiger partial charge in [-0.1, -0.05) is 43.7 Å². The number of ether oxygens (including phenoxy) is 1. The Morgan fingerprint density at radius 3 is 2.36 bits per heavy atom. The molecule has 2 aliphatic rings. The summed E-state index contributed by atoms with van der Waals surface area (Å²) < 4.78 is 48.8. The topological polar surface area (TPSA) is 59.0 Å².